The summed E-state index contributed by atoms with van der Waals surface area (Å²) in [4.78, 5) is 19.1. The summed E-state index contributed by atoms with van der Waals surface area (Å²) in [6.07, 6.45) is 3.60. The first kappa shape index (κ1) is 9.36. The second-order valence-electron chi connectivity index (χ2n) is 2.77. The smallest absolute Gasteiger partial charge is 0.266 e. The van der Waals surface area contributed by atoms with Crippen molar-refractivity contribution in [2.75, 3.05) is 0 Å². The van der Waals surface area contributed by atoms with E-state index in [1.807, 2.05) is 13.0 Å². The molecular formula is C9H8N2OS2. The number of aromatic nitrogens is 2. The monoisotopic (exact) mass is 224 g/mol. The molecule has 2 rings (SSSR count). The van der Waals surface area contributed by atoms with Gasteiger partial charge >= 0.3 is 0 Å². The summed E-state index contributed by atoms with van der Waals surface area (Å²) < 4.78 is 1.36. The first-order chi connectivity index (χ1) is 6.65. The van der Waals surface area contributed by atoms with E-state index in [4.69, 9.17) is 0 Å². The Bertz CT molecular complexity index is 605. The van der Waals surface area contributed by atoms with Crippen LogP contribution in [0.4, 0.5) is 0 Å². The van der Waals surface area contributed by atoms with E-state index >= 15 is 0 Å². The Morgan fingerprint density at radius 2 is 2.36 bits per heavy atom. The molecule has 0 saturated carbocycles. The number of aryl methyl sites for hydroxylation is 1. The highest BCUT2D eigenvalue weighted by Crippen LogP contribution is 2.11. The highest BCUT2D eigenvalue weighted by atomic mass is 32.1. The van der Waals surface area contributed by atoms with Crippen molar-refractivity contribution in [1.82, 2.24) is 9.97 Å². The van der Waals surface area contributed by atoms with E-state index in [1.165, 1.54) is 11.3 Å². The van der Waals surface area contributed by atoms with Gasteiger partial charge in [-0.3, -0.25) is 4.79 Å². The third-order valence-corrected chi connectivity index (χ3v) is 3.35. The van der Waals surface area contributed by atoms with Gasteiger partial charge < -0.3 is 4.98 Å². The SMILES string of the molecule is C=c1[nH]c(=O)/c(=C/c2cnc(C)s2)s1. The summed E-state index contributed by atoms with van der Waals surface area (Å²) in [5.74, 6) is 0. The molecule has 0 bridgehead atoms. The number of aromatic amines is 1. The van der Waals surface area contributed by atoms with Gasteiger partial charge in [-0.15, -0.1) is 22.7 Å². The highest BCUT2D eigenvalue weighted by molar-refractivity contribution is 7.12. The number of hydrogen-bond donors (Lipinski definition) is 1. The predicted molar refractivity (Wildman–Crippen MR) is 60.1 cm³/mol. The molecule has 0 aliphatic heterocycles. The van der Waals surface area contributed by atoms with Gasteiger partial charge in [0.25, 0.3) is 5.56 Å². The van der Waals surface area contributed by atoms with Crippen LogP contribution in [0.3, 0.4) is 0 Å². The molecule has 72 valence electrons. The fourth-order valence-electron chi connectivity index (χ4n) is 1.06. The third-order valence-electron chi connectivity index (χ3n) is 1.62. The Labute approximate surface area is 88.1 Å². The lowest BCUT2D eigenvalue weighted by Crippen LogP contribution is -2.19. The highest BCUT2D eigenvalue weighted by Gasteiger charge is 1.96. The average Bonchev–Trinajstić information content (AvgIpc) is 2.61. The Kier molecular flexibility index (Phi) is 2.35. The number of rotatable bonds is 1. The van der Waals surface area contributed by atoms with E-state index < -0.39 is 0 Å². The van der Waals surface area contributed by atoms with Crippen LogP contribution < -0.4 is 14.8 Å². The van der Waals surface area contributed by atoms with E-state index in [9.17, 15) is 4.79 Å². The molecule has 3 nitrogen and oxygen atoms in total. The topological polar surface area (TPSA) is 45.8 Å². The van der Waals surface area contributed by atoms with Crippen molar-refractivity contribution in [3.63, 3.8) is 0 Å². The van der Waals surface area contributed by atoms with Crippen LogP contribution in [0.2, 0.25) is 0 Å². The van der Waals surface area contributed by atoms with Gasteiger partial charge in [-0.25, -0.2) is 4.98 Å². The zero-order valence-electron chi connectivity index (χ0n) is 7.53. The fraction of sp³-hybridized carbons (Fsp3) is 0.111. The summed E-state index contributed by atoms with van der Waals surface area (Å²) in [7, 11) is 0. The van der Waals surface area contributed by atoms with Crippen LogP contribution in [0.15, 0.2) is 11.0 Å². The standard InChI is InChI=1S/C9H8N2OS2/c1-5-10-4-7(13-5)3-8-9(12)11-6(2)14-8/h3-4H,2H2,1H3,(H,11,12)/b8-3-. The van der Waals surface area contributed by atoms with Crippen molar-refractivity contribution >= 4 is 35.3 Å². The number of H-pyrrole nitrogens is 1. The summed E-state index contributed by atoms with van der Waals surface area (Å²) >= 11 is 2.93. The van der Waals surface area contributed by atoms with Crippen molar-refractivity contribution in [3.8, 4) is 0 Å². The molecule has 0 fully saturated rings. The minimum Gasteiger partial charge on any atom is -0.313 e. The van der Waals surface area contributed by atoms with Gasteiger partial charge in [-0.1, -0.05) is 6.58 Å². The summed E-state index contributed by atoms with van der Waals surface area (Å²) in [6.45, 7) is 5.62. The normalized spacial score (nSPS) is 12.2. The van der Waals surface area contributed by atoms with Crippen LogP contribution in [-0.2, 0) is 0 Å². The van der Waals surface area contributed by atoms with Gasteiger partial charge in [0.15, 0.2) is 0 Å². The van der Waals surface area contributed by atoms with Crippen LogP contribution in [0.5, 0.6) is 0 Å². The minimum absolute atomic E-state index is 0.0777. The summed E-state index contributed by atoms with van der Waals surface area (Å²) in [5, 5.41) is 0.999. The van der Waals surface area contributed by atoms with Crippen molar-refractivity contribution in [3.05, 3.63) is 35.6 Å². The summed E-state index contributed by atoms with van der Waals surface area (Å²) in [6, 6.07) is 0. The second kappa shape index (κ2) is 3.51. The minimum atomic E-state index is -0.0777. The molecule has 0 radical (unpaired) electrons. The first-order valence-corrected chi connectivity index (χ1v) is 5.60. The molecule has 0 aliphatic carbocycles. The molecule has 0 atom stereocenters. The molecule has 14 heavy (non-hydrogen) atoms. The molecule has 0 spiro atoms. The van der Waals surface area contributed by atoms with Gasteiger partial charge in [-0.2, -0.15) is 0 Å². The summed E-state index contributed by atoms with van der Waals surface area (Å²) in [5.41, 5.74) is -0.0777. The first-order valence-electron chi connectivity index (χ1n) is 3.97. The van der Waals surface area contributed by atoms with E-state index in [1.54, 1.807) is 17.5 Å². The molecule has 1 N–H and O–H groups in total. The van der Waals surface area contributed by atoms with E-state index in [0.29, 0.717) is 9.20 Å². The average molecular weight is 224 g/mol. The fourth-order valence-corrected chi connectivity index (χ4v) is 2.60. The lowest BCUT2D eigenvalue weighted by Gasteiger charge is -1.76. The van der Waals surface area contributed by atoms with Crippen molar-refractivity contribution in [1.29, 1.82) is 0 Å². The van der Waals surface area contributed by atoms with Gasteiger partial charge in [-0.05, 0) is 13.0 Å². The Morgan fingerprint density at radius 1 is 1.57 bits per heavy atom. The van der Waals surface area contributed by atoms with Crippen LogP contribution in [-0.4, -0.2) is 9.97 Å². The molecule has 0 unspecified atom stereocenters. The molecule has 2 aromatic heterocycles. The van der Waals surface area contributed by atoms with Crippen LogP contribution in [0, 0.1) is 6.92 Å². The number of nitrogens with zero attached hydrogens (tertiary/aromatic N) is 1. The molecular weight excluding hydrogens is 216 g/mol. The molecule has 0 aliphatic rings. The molecule has 5 heteroatoms. The second-order valence-corrected chi connectivity index (χ2v) is 5.17. The third kappa shape index (κ3) is 1.83. The van der Waals surface area contributed by atoms with Crippen molar-refractivity contribution in [2.24, 2.45) is 0 Å². The van der Waals surface area contributed by atoms with Gasteiger partial charge in [0, 0.05) is 11.1 Å². The van der Waals surface area contributed by atoms with Gasteiger partial charge in [0.2, 0.25) is 0 Å². The number of hydrogen-bond acceptors (Lipinski definition) is 4. The molecule has 2 heterocycles. The van der Waals surface area contributed by atoms with Crippen LogP contribution in [0.25, 0.3) is 12.7 Å². The maximum Gasteiger partial charge on any atom is 0.266 e. The van der Waals surface area contributed by atoms with Crippen molar-refractivity contribution < 1.29 is 0 Å². The zero-order valence-corrected chi connectivity index (χ0v) is 9.17. The van der Waals surface area contributed by atoms with Crippen LogP contribution >= 0.6 is 22.7 Å². The van der Waals surface area contributed by atoms with E-state index in [2.05, 4.69) is 16.5 Å². The lowest BCUT2D eigenvalue weighted by atomic mass is 10.5. The lowest BCUT2D eigenvalue weighted by molar-refractivity contribution is 1.26. The quantitative estimate of drug-likeness (QED) is 0.764. The van der Waals surface area contributed by atoms with Crippen LogP contribution in [0.1, 0.15) is 9.88 Å². The number of thiazole rings is 2. The van der Waals surface area contributed by atoms with Gasteiger partial charge in [0.05, 0.1) is 14.2 Å². The molecule has 0 amide bonds. The van der Waals surface area contributed by atoms with Gasteiger partial charge in [0.1, 0.15) is 0 Å². The maximum absolute atomic E-state index is 11.3. The predicted octanol–water partition coefficient (Wildman–Crippen LogP) is 0.440. The number of nitrogens with one attached hydrogen (secondary N) is 1. The molecule has 2 aromatic rings. The van der Waals surface area contributed by atoms with E-state index in [0.717, 1.165) is 9.88 Å². The maximum atomic E-state index is 11.3. The molecule has 0 saturated heterocycles. The largest absolute Gasteiger partial charge is 0.313 e. The van der Waals surface area contributed by atoms with Crippen molar-refractivity contribution in [2.45, 2.75) is 6.92 Å². The van der Waals surface area contributed by atoms with E-state index in [-0.39, 0.29) is 5.56 Å². The Morgan fingerprint density at radius 3 is 2.86 bits per heavy atom. The zero-order chi connectivity index (χ0) is 10.1. The Hall–Kier alpha value is -1.20. The molecule has 0 aromatic carbocycles. The Balaban J connectivity index is 2.59.